The molecule has 6 heteroatoms. The van der Waals surface area contributed by atoms with E-state index in [0.717, 1.165) is 39.1 Å². The monoisotopic (exact) mass is 376 g/mol. The lowest BCUT2D eigenvalue weighted by atomic mass is 10.1. The van der Waals surface area contributed by atoms with Gasteiger partial charge in [0.1, 0.15) is 6.54 Å². The first kappa shape index (κ1) is 17.4. The number of hydrogen-bond donors (Lipinski definition) is 1. The minimum absolute atomic E-state index is 0.111. The highest BCUT2D eigenvalue weighted by Crippen LogP contribution is 2.32. The van der Waals surface area contributed by atoms with Gasteiger partial charge in [-0.15, -0.1) is 11.3 Å². The van der Waals surface area contributed by atoms with Crippen molar-refractivity contribution in [2.75, 3.05) is 5.32 Å². The maximum Gasteiger partial charge on any atom is 0.246 e. The lowest BCUT2D eigenvalue weighted by Gasteiger charge is -2.11. The van der Waals surface area contributed by atoms with Gasteiger partial charge in [0.25, 0.3) is 0 Å². The van der Waals surface area contributed by atoms with Crippen molar-refractivity contribution in [1.82, 2.24) is 14.8 Å². The summed E-state index contributed by atoms with van der Waals surface area (Å²) in [5, 5.41) is 10.7. The first-order valence-corrected chi connectivity index (χ1v) is 9.64. The van der Waals surface area contributed by atoms with Gasteiger partial charge < -0.3 is 5.32 Å². The Labute approximate surface area is 161 Å². The number of thiophene rings is 1. The number of para-hydroxylation sites is 1. The van der Waals surface area contributed by atoms with E-state index in [1.165, 1.54) is 4.88 Å². The molecule has 27 heavy (non-hydrogen) atoms. The molecule has 3 aromatic heterocycles. The van der Waals surface area contributed by atoms with E-state index >= 15 is 0 Å². The first-order valence-electron chi connectivity index (χ1n) is 8.76. The van der Waals surface area contributed by atoms with Gasteiger partial charge in [-0.25, -0.2) is 9.67 Å². The summed E-state index contributed by atoms with van der Waals surface area (Å²) in [7, 11) is 0. The second-order valence-corrected chi connectivity index (χ2v) is 7.54. The van der Waals surface area contributed by atoms with Crippen LogP contribution in [0.15, 0.2) is 48.0 Å². The van der Waals surface area contributed by atoms with Crippen LogP contribution in [0.3, 0.4) is 0 Å². The molecule has 1 amide bonds. The van der Waals surface area contributed by atoms with Gasteiger partial charge in [0.05, 0.1) is 11.1 Å². The van der Waals surface area contributed by atoms with Crippen molar-refractivity contribution < 1.29 is 4.79 Å². The molecular formula is C21H20N4OS. The molecule has 0 atom stereocenters. The summed E-state index contributed by atoms with van der Waals surface area (Å²) in [5.74, 6) is -0.111. The Kier molecular flexibility index (Phi) is 4.49. The largest absolute Gasteiger partial charge is 0.324 e. The van der Waals surface area contributed by atoms with Crippen LogP contribution in [0.5, 0.6) is 0 Å². The number of hydrogen-bond acceptors (Lipinski definition) is 4. The van der Waals surface area contributed by atoms with Gasteiger partial charge in [0.15, 0.2) is 5.65 Å². The van der Waals surface area contributed by atoms with E-state index in [4.69, 9.17) is 0 Å². The van der Waals surface area contributed by atoms with E-state index < -0.39 is 0 Å². The molecule has 1 N–H and O–H groups in total. The molecular weight excluding hydrogens is 356 g/mol. The van der Waals surface area contributed by atoms with Gasteiger partial charge >= 0.3 is 0 Å². The van der Waals surface area contributed by atoms with Crippen LogP contribution in [0.2, 0.25) is 0 Å². The number of aromatic nitrogens is 3. The van der Waals surface area contributed by atoms with Crippen LogP contribution < -0.4 is 5.32 Å². The molecule has 0 radical (unpaired) electrons. The number of carbonyl (C=O) groups is 1. The van der Waals surface area contributed by atoms with Gasteiger partial charge in [-0.2, -0.15) is 5.10 Å². The van der Waals surface area contributed by atoms with E-state index in [-0.39, 0.29) is 12.5 Å². The van der Waals surface area contributed by atoms with Crippen LogP contribution in [0, 0.1) is 20.8 Å². The van der Waals surface area contributed by atoms with E-state index in [2.05, 4.69) is 26.8 Å². The Morgan fingerprint density at radius 3 is 2.59 bits per heavy atom. The topological polar surface area (TPSA) is 59.8 Å². The smallest absolute Gasteiger partial charge is 0.246 e. The van der Waals surface area contributed by atoms with E-state index in [0.29, 0.717) is 0 Å². The molecule has 0 fully saturated rings. The molecule has 4 aromatic rings. The van der Waals surface area contributed by atoms with Gasteiger partial charge in [-0.1, -0.05) is 24.3 Å². The Morgan fingerprint density at radius 1 is 1.11 bits per heavy atom. The molecule has 0 aliphatic rings. The molecule has 4 rings (SSSR count). The zero-order valence-electron chi connectivity index (χ0n) is 15.5. The summed E-state index contributed by atoms with van der Waals surface area (Å²) < 4.78 is 1.69. The van der Waals surface area contributed by atoms with Crippen LogP contribution >= 0.6 is 11.3 Å². The minimum Gasteiger partial charge on any atom is -0.324 e. The first-order chi connectivity index (χ1) is 13.0. The lowest BCUT2D eigenvalue weighted by Crippen LogP contribution is -2.20. The summed E-state index contributed by atoms with van der Waals surface area (Å²) in [5.41, 5.74) is 5.67. The van der Waals surface area contributed by atoms with Crippen molar-refractivity contribution in [1.29, 1.82) is 0 Å². The number of carbonyl (C=O) groups excluding carboxylic acids is 1. The lowest BCUT2D eigenvalue weighted by molar-refractivity contribution is -0.116. The SMILES string of the molecule is Cc1cccc(C)c1NC(=O)Cn1nc(C)c2c(-c3cccs3)ccnc21. The Balaban J connectivity index is 1.67. The average Bonchev–Trinajstić information content (AvgIpc) is 3.27. The summed E-state index contributed by atoms with van der Waals surface area (Å²) in [6.45, 7) is 6.07. The average molecular weight is 376 g/mol. The molecule has 0 bridgehead atoms. The zero-order chi connectivity index (χ0) is 19.0. The van der Waals surface area contributed by atoms with Crippen molar-refractivity contribution in [3.8, 4) is 10.4 Å². The number of aryl methyl sites for hydroxylation is 3. The van der Waals surface area contributed by atoms with Crippen molar-refractivity contribution in [2.45, 2.75) is 27.3 Å². The predicted octanol–water partition coefficient (Wildman–Crippen LogP) is 4.72. The van der Waals surface area contributed by atoms with Gasteiger partial charge in [0.2, 0.25) is 5.91 Å². The van der Waals surface area contributed by atoms with Gasteiger partial charge in [-0.3, -0.25) is 4.79 Å². The molecule has 5 nitrogen and oxygen atoms in total. The van der Waals surface area contributed by atoms with E-state index in [1.807, 2.05) is 51.1 Å². The molecule has 0 saturated heterocycles. The zero-order valence-corrected chi connectivity index (χ0v) is 16.3. The molecule has 3 heterocycles. The maximum absolute atomic E-state index is 12.7. The van der Waals surface area contributed by atoms with Crippen molar-refractivity contribution in [3.05, 3.63) is 64.8 Å². The molecule has 0 aliphatic heterocycles. The summed E-state index contributed by atoms with van der Waals surface area (Å²) in [4.78, 5) is 18.3. The Morgan fingerprint density at radius 2 is 1.89 bits per heavy atom. The van der Waals surface area contributed by atoms with Crippen molar-refractivity contribution in [2.24, 2.45) is 0 Å². The van der Waals surface area contributed by atoms with E-state index in [1.54, 1.807) is 22.2 Å². The van der Waals surface area contributed by atoms with Crippen LogP contribution in [0.25, 0.3) is 21.5 Å². The third-order valence-corrected chi connectivity index (χ3v) is 5.54. The summed E-state index contributed by atoms with van der Waals surface area (Å²) in [6.07, 6.45) is 1.78. The second-order valence-electron chi connectivity index (χ2n) is 6.59. The maximum atomic E-state index is 12.7. The third kappa shape index (κ3) is 3.24. The molecule has 136 valence electrons. The number of fused-ring (bicyclic) bond motifs is 1. The highest BCUT2D eigenvalue weighted by molar-refractivity contribution is 7.13. The molecule has 0 saturated carbocycles. The number of anilines is 1. The fraction of sp³-hybridized carbons (Fsp3) is 0.190. The van der Waals surface area contributed by atoms with Crippen LogP contribution in [0.4, 0.5) is 5.69 Å². The van der Waals surface area contributed by atoms with Crippen LogP contribution in [-0.2, 0) is 11.3 Å². The fourth-order valence-corrected chi connectivity index (χ4v) is 4.11. The number of pyridine rings is 1. The Hall–Kier alpha value is -2.99. The van der Waals surface area contributed by atoms with Crippen LogP contribution in [-0.4, -0.2) is 20.7 Å². The highest BCUT2D eigenvalue weighted by Gasteiger charge is 2.17. The highest BCUT2D eigenvalue weighted by atomic mass is 32.1. The standard InChI is InChI=1S/C21H20N4OS/c1-13-6-4-7-14(2)20(13)23-18(26)12-25-21-19(15(3)24-25)16(9-10-22-21)17-8-5-11-27-17/h4-11H,12H2,1-3H3,(H,23,26). The fourth-order valence-electron chi connectivity index (χ4n) is 3.36. The third-order valence-electron chi connectivity index (χ3n) is 4.63. The normalized spacial score (nSPS) is 11.1. The van der Waals surface area contributed by atoms with Crippen molar-refractivity contribution in [3.63, 3.8) is 0 Å². The number of amides is 1. The number of benzene rings is 1. The van der Waals surface area contributed by atoms with Crippen LogP contribution in [0.1, 0.15) is 16.8 Å². The minimum atomic E-state index is -0.111. The molecule has 0 spiro atoms. The number of nitrogens with one attached hydrogen (secondary N) is 1. The van der Waals surface area contributed by atoms with Crippen molar-refractivity contribution >= 4 is 34.0 Å². The van der Waals surface area contributed by atoms with Gasteiger partial charge in [0, 0.05) is 22.3 Å². The predicted molar refractivity (Wildman–Crippen MR) is 110 cm³/mol. The quantitative estimate of drug-likeness (QED) is 0.560. The number of rotatable bonds is 4. The van der Waals surface area contributed by atoms with E-state index in [9.17, 15) is 4.79 Å². The van der Waals surface area contributed by atoms with Gasteiger partial charge in [-0.05, 0) is 49.4 Å². The molecule has 0 aliphatic carbocycles. The number of nitrogens with zero attached hydrogens (tertiary/aromatic N) is 3. The molecule has 0 unspecified atom stereocenters. The Bertz CT molecular complexity index is 1110. The summed E-state index contributed by atoms with van der Waals surface area (Å²) >= 11 is 1.68. The molecule has 1 aromatic carbocycles. The summed E-state index contributed by atoms with van der Waals surface area (Å²) in [6, 6.07) is 12.1. The second kappa shape index (κ2) is 6.96.